The number of carbonyl (C=O) groups is 1. The van der Waals surface area contributed by atoms with Crippen LogP contribution in [-0.4, -0.2) is 47.2 Å². The SMILES string of the molecule is O=C(Cn1nnc2ccccc21)Nc1cc(C(F)(F)F)ccc1N1CCOCC1. The van der Waals surface area contributed by atoms with E-state index in [1.807, 2.05) is 4.90 Å². The number of alkyl halides is 3. The molecular weight excluding hydrogens is 387 g/mol. The fraction of sp³-hybridized carbons (Fsp3) is 0.316. The molecule has 1 N–H and O–H groups in total. The number of fused-ring (bicyclic) bond motifs is 1. The molecule has 0 atom stereocenters. The molecule has 1 saturated heterocycles. The van der Waals surface area contributed by atoms with E-state index in [1.165, 1.54) is 10.7 Å². The molecule has 0 spiro atoms. The maximum atomic E-state index is 13.2. The minimum absolute atomic E-state index is 0.108. The van der Waals surface area contributed by atoms with Gasteiger partial charge in [-0.05, 0) is 30.3 Å². The zero-order valence-electron chi connectivity index (χ0n) is 15.3. The van der Waals surface area contributed by atoms with Crippen molar-refractivity contribution < 1.29 is 22.7 Å². The van der Waals surface area contributed by atoms with Crippen molar-refractivity contribution in [3.63, 3.8) is 0 Å². The zero-order chi connectivity index (χ0) is 20.4. The first-order valence-electron chi connectivity index (χ1n) is 9.04. The summed E-state index contributed by atoms with van der Waals surface area (Å²) >= 11 is 0. The number of benzene rings is 2. The van der Waals surface area contributed by atoms with Crippen LogP contribution in [0, 0.1) is 0 Å². The first-order valence-corrected chi connectivity index (χ1v) is 9.04. The number of aromatic nitrogens is 3. The molecule has 152 valence electrons. The predicted molar refractivity (Wildman–Crippen MR) is 101 cm³/mol. The number of carbonyl (C=O) groups excluding carboxylic acids is 1. The fourth-order valence-corrected chi connectivity index (χ4v) is 3.25. The molecule has 2 heterocycles. The van der Waals surface area contributed by atoms with E-state index in [1.54, 1.807) is 24.3 Å². The third-order valence-corrected chi connectivity index (χ3v) is 4.66. The van der Waals surface area contributed by atoms with Crippen molar-refractivity contribution >= 4 is 28.3 Å². The second-order valence-corrected chi connectivity index (χ2v) is 6.61. The summed E-state index contributed by atoms with van der Waals surface area (Å²) in [5, 5.41) is 10.5. The number of amides is 1. The van der Waals surface area contributed by atoms with Gasteiger partial charge in [-0.1, -0.05) is 17.3 Å². The molecule has 4 rings (SSSR count). The number of anilines is 2. The molecule has 3 aromatic rings. The van der Waals surface area contributed by atoms with Crippen LogP contribution in [-0.2, 0) is 22.3 Å². The summed E-state index contributed by atoms with van der Waals surface area (Å²) in [7, 11) is 0. The molecule has 0 aliphatic carbocycles. The summed E-state index contributed by atoms with van der Waals surface area (Å²) in [4.78, 5) is 14.5. The Kier molecular flexibility index (Phi) is 5.10. The smallest absolute Gasteiger partial charge is 0.378 e. The standard InChI is InChI=1S/C19H18F3N5O2/c20-19(21,22)13-5-6-16(26-7-9-29-10-8-26)15(11-13)23-18(28)12-27-17-4-2-1-3-14(17)24-25-27/h1-6,11H,7-10,12H2,(H,23,28). The summed E-state index contributed by atoms with van der Waals surface area (Å²) < 4.78 is 46.3. The minimum atomic E-state index is -4.51. The van der Waals surface area contributed by atoms with Crippen LogP contribution in [0.3, 0.4) is 0 Å². The van der Waals surface area contributed by atoms with Crippen molar-refractivity contribution in [1.29, 1.82) is 0 Å². The average Bonchev–Trinajstić information content (AvgIpc) is 3.11. The van der Waals surface area contributed by atoms with E-state index in [0.717, 1.165) is 12.1 Å². The van der Waals surface area contributed by atoms with Crippen molar-refractivity contribution in [2.75, 3.05) is 36.5 Å². The number of ether oxygens (including phenoxy) is 1. The lowest BCUT2D eigenvalue weighted by molar-refractivity contribution is -0.137. The van der Waals surface area contributed by atoms with Crippen molar-refractivity contribution in [2.24, 2.45) is 0 Å². The molecule has 1 fully saturated rings. The molecular formula is C19H18F3N5O2. The number of nitrogens with zero attached hydrogens (tertiary/aromatic N) is 4. The zero-order valence-corrected chi connectivity index (χ0v) is 15.3. The van der Waals surface area contributed by atoms with E-state index < -0.39 is 17.6 Å². The highest BCUT2D eigenvalue weighted by molar-refractivity contribution is 5.95. The van der Waals surface area contributed by atoms with Gasteiger partial charge in [0.1, 0.15) is 12.1 Å². The minimum Gasteiger partial charge on any atom is -0.378 e. The van der Waals surface area contributed by atoms with Crippen LogP contribution in [0.1, 0.15) is 5.56 Å². The highest BCUT2D eigenvalue weighted by Crippen LogP contribution is 2.35. The number of nitrogens with one attached hydrogen (secondary N) is 1. The topological polar surface area (TPSA) is 72.3 Å². The summed E-state index contributed by atoms with van der Waals surface area (Å²) in [5.74, 6) is -0.491. The van der Waals surface area contributed by atoms with E-state index in [-0.39, 0.29) is 12.2 Å². The molecule has 0 saturated carbocycles. The van der Waals surface area contributed by atoms with E-state index in [0.29, 0.717) is 43.0 Å². The molecule has 1 amide bonds. The van der Waals surface area contributed by atoms with Crippen molar-refractivity contribution in [3.05, 3.63) is 48.0 Å². The van der Waals surface area contributed by atoms with Gasteiger partial charge in [0.25, 0.3) is 0 Å². The first kappa shape index (κ1) is 19.2. The largest absolute Gasteiger partial charge is 0.416 e. The molecule has 7 nitrogen and oxygen atoms in total. The van der Waals surface area contributed by atoms with Gasteiger partial charge in [0.15, 0.2) is 0 Å². The third-order valence-electron chi connectivity index (χ3n) is 4.66. The Bertz CT molecular complexity index is 1030. The van der Waals surface area contributed by atoms with Crippen molar-refractivity contribution in [1.82, 2.24) is 15.0 Å². The molecule has 1 aliphatic rings. The molecule has 1 aromatic heterocycles. The Morgan fingerprint density at radius 3 is 2.66 bits per heavy atom. The summed E-state index contributed by atoms with van der Waals surface area (Å²) in [6.45, 7) is 1.84. The summed E-state index contributed by atoms with van der Waals surface area (Å²) in [6, 6.07) is 10.5. The maximum absolute atomic E-state index is 13.2. The molecule has 0 unspecified atom stereocenters. The van der Waals surface area contributed by atoms with E-state index in [4.69, 9.17) is 4.74 Å². The fourth-order valence-electron chi connectivity index (χ4n) is 3.25. The van der Waals surface area contributed by atoms with E-state index in [9.17, 15) is 18.0 Å². The Labute approximate surface area is 164 Å². The first-order chi connectivity index (χ1) is 13.9. The highest BCUT2D eigenvalue weighted by atomic mass is 19.4. The Morgan fingerprint density at radius 2 is 1.90 bits per heavy atom. The predicted octanol–water partition coefficient (Wildman–Crippen LogP) is 2.93. The maximum Gasteiger partial charge on any atom is 0.416 e. The van der Waals surface area contributed by atoms with Crippen LogP contribution in [0.4, 0.5) is 24.5 Å². The third kappa shape index (κ3) is 4.16. The quantitative estimate of drug-likeness (QED) is 0.723. The van der Waals surface area contributed by atoms with Gasteiger partial charge in [-0.3, -0.25) is 4.79 Å². The van der Waals surface area contributed by atoms with Gasteiger partial charge in [0, 0.05) is 13.1 Å². The van der Waals surface area contributed by atoms with Gasteiger partial charge in [-0.15, -0.1) is 5.10 Å². The average molecular weight is 405 g/mol. The Balaban J connectivity index is 1.60. The Hall–Kier alpha value is -3.14. The number of morpholine rings is 1. The van der Waals surface area contributed by atoms with E-state index in [2.05, 4.69) is 15.6 Å². The molecule has 2 aromatic carbocycles. The van der Waals surface area contributed by atoms with E-state index >= 15 is 0 Å². The number of rotatable bonds is 4. The monoisotopic (exact) mass is 405 g/mol. The van der Waals surface area contributed by atoms with Gasteiger partial charge >= 0.3 is 6.18 Å². The van der Waals surface area contributed by atoms with Crippen LogP contribution in [0.2, 0.25) is 0 Å². The summed E-state index contributed by atoms with van der Waals surface area (Å²) in [6.07, 6.45) is -4.51. The Morgan fingerprint density at radius 1 is 1.14 bits per heavy atom. The lowest BCUT2D eigenvalue weighted by atomic mass is 10.1. The van der Waals surface area contributed by atoms with Crippen LogP contribution in [0.25, 0.3) is 11.0 Å². The normalized spacial score (nSPS) is 14.9. The van der Waals surface area contributed by atoms with Crippen LogP contribution < -0.4 is 10.2 Å². The number of halogens is 3. The number of para-hydroxylation sites is 1. The highest BCUT2D eigenvalue weighted by Gasteiger charge is 2.32. The molecule has 29 heavy (non-hydrogen) atoms. The molecule has 10 heteroatoms. The van der Waals surface area contributed by atoms with Gasteiger partial charge in [0.05, 0.1) is 35.7 Å². The lowest BCUT2D eigenvalue weighted by Gasteiger charge is -2.31. The van der Waals surface area contributed by atoms with Crippen LogP contribution in [0.15, 0.2) is 42.5 Å². The number of hydrogen-bond acceptors (Lipinski definition) is 5. The van der Waals surface area contributed by atoms with Gasteiger partial charge in [-0.2, -0.15) is 13.2 Å². The van der Waals surface area contributed by atoms with Crippen molar-refractivity contribution in [2.45, 2.75) is 12.7 Å². The second-order valence-electron chi connectivity index (χ2n) is 6.61. The van der Waals surface area contributed by atoms with Crippen LogP contribution >= 0.6 is 0 Å². The molecule has 0 radical (unpaired) electrons. The summed E-state index contributed by atoms with van der Waals surface area (Å²) in [5.41, 5.74) is 1.11. The van der Waals surface area contributed by atoms with Crippen molar-refractivity contribution in [3.8, 4) is 0 Å². The van der Waals surface area contributed by atoms with Crippen LogP contribution in [0.5, 0.6) is 0 Å². The molecule has 1 aliphatic heterocycles. The van der Waals surface area contributed by atoms with Gasteiger partial charge in [-0.25, -0.2) is 4.68 Å². The number of hydrogen-bond donors (Lipinski definition) is 1. The lowest BCUT2D eigenvalue weighted by Crippen LogP contribution is -2.37. The van der Waals surface area contributed by atoms with Gasteiger partial charge in [0.2, 0.25) is 5.91 Å². The van der Waals surface area contributed by atoms with Gasteiger partial charge < -0.3 is 15.0 Å². The second kappa shape index (κ2) is 7.70. The molecule has 0 bridgehead atoms.